The zero-order valence-electron chi connectivity index (χ0n) is 32.6. The minimum Gasteiger partial charge on any atom is -0.462 e. The second kappa shape index (κ2) is 33.2. The van der Waals surface area contributed by atoms with Gasteiger partial charge in [-0.05, 0) is 63.7 Å². The van der Waals surface area contributed by atoms with Crippen LogP contribution >= 0.6 is 15.6 Å². The van der Waals surface area contributed by atoms with Crippen LogP contribution in [0.5, 0.6) is 0 Å². The molecule has 0 heterocycles. The zero-order chi connectivity index (χ0) is 40.5. The minimum absolute atomic E-state index is 0.0409. The highest BCUT2D eigenvalue weighted by molar-refractivity contribution is 7.47. The maximum Gasteiger partial charge on any atom is 0.472 e. The second-order valence-corrected chi connectivity index (χ2v) is 16.2. The number of aliphatic hydroxyl groups is 2. The van der Waals surface area contributed by atoms with Crippen LogP contribution in [0.15, 0.2) is 48.6 Å². The van der Waals surface area contributed by atoms with E-state index in [0.29, 0.717) is 25.2 Å². The highest BCUT2D eigenvalue weighted by atomic mass is 31.2. The van der Waals surface area contributed by atoms with Crippen molar-refractivity contribution in [3.05, 3.63) is 48.6 Å². The van der Waals surface area contributed by atoms with Gasteiger partial charge in [0, 0.05) is 12.8 Å². The molecule has 4 atom stereocenters. The third-order valence-electron chi connectivity index (χ3n) is 7.80. The van der Waals surface area contributed by atoms with E-state index >= 15 is 0 Å². The third-order valence-corrected chi connectivity index (χ3v) is 9.24. The monoisotopic (exact) mass is 810 g/mol. The summed E-state index contributed by atoms with van der Waals surface area (Å²) in [4.78, 5) is 52.4. The lowest BCUT2D eigenvalue weighted by Gasteiger charge is -2.20. The molecule has 0 saturated heterocycles. The summed E-state index contributed by atoms with van der Waals surface area (Å²) in [6, 6.07) is 0. The van der Waals surface area contributed by atoms with Gasteiger partial charge in [0.05, 0.1) is 25.9 Å². The summed E-state index contributed by atoms with van der Waals surface area (Å²) >= 11 is 0. The molecule has 5 N–H and O–H groups in total. The van der Waals surface area contributed by atoms with E-state index in [1.807, 2.05) is 19.1 Å². The number of carbonyl (C=O) groups excluding carboxylic acids is 2. The lowest BCUT2D eigenvalue weighted by molar-refractivity contribution is -0.161. The molecule has 0 saturated carbocycles. The van der Waals surface area contributed by atoms with E-state index in [-0.39, 0.29) is 18.9 Å². The Balaban J connectivity index is 4.68. The fourth-order valence-corrected chi connectivity index (χ4v) is 5.84. The van der Waals surface area contributed by atoms with Crippen molar-refractivity contribution in [3.63, 3.8) is 0 Å². The number of aliphatic hydroxyl groups excluding tert-OH is 2. The van der Waals surface area contributed by atoms with Crippen LogP contribution in [0.25, 0.3) is 0 Å². The van der Waals surface area contributed by atoms with E-state index in [1.54, 1.807) is 0 Å². The van der Waals surface area contributed by atoms with E-state index in [9.17, 15) is 33.8 Å². The number of ether oxygens (including phenoxy) is 2. The number of rotatable bonds is 35. The van der Waals surface area contributed by atoms with Crippen molar-refractivity contribution in [2.75, 3.05) is 26.4 Å². The first-order valence-corrected chi connectivity index (χ1v) is 22.3. The Hall–Kier alpha value is -1.96. The van der Waals surface area contributed by atoms with Crippen molar-refractivity contribution in [1.82, 2.24) is 0 Å². The largest absolute Gasteiger partial charge is 0.472 e. The second-order valence-electron chi connectivity index (χ2n) is 13.5. The van der Waals surface area contributed by atoms with Crippen molar-refractivity contribution in [2.24, 2.45) is 5.92 Å². The van der Waals surface area contributed by atoms with Crippen LogP contribution in [0.1, 0.15) is 130 Å². The average molecular weight is 811 g/mol. The molecule has 14 nitrogen and oxygen atoms in total. The molecule has 0 aliphatic carbocycles. The normalized spacial score (nSPS) is 15.4. The molecule has 16 heteroatoms. The topological polar surface area (TPSA) is 216 Å². The van der Waals surface area contributed by atoms with Crippen LogP contribution < -0.4 is 0 Å². The van der Waals surface area contributed by atoms with Gasteiger partial charge in [0.25, 0.3) is 0 Å². The summed E-state index contributed by atoms with van der Waals surface area (Å²) in [5, 5.41) is 19.2. The van der Waals surface area contributed by atoms with Gasteiger partial charge in [0.15, 0.2) is 6.10 Å². The number of hydrogen-bond acceptors (Lipinski definition) is 11. The number of carbonyl (C=O) groups is 2. The molecule has 54 heavy (non-hydrogen) atoms. The van der Waals surface area contributed by atoms with Crippen LogP contribution in [-0.2, 0) is 41.8 Å². The summed E-state index contributed by atoms with van der Waals surface area (Å²) < 4.78 is 47.4. The van der Waals surface area contributed by atoms with Gasteiger partial charge in [-0.1, -0.05) is 108 Å². The molecule has 0 bridgehead atoms. The standard InChI is InChI=1S/C38H68O14P2/c1-4-34(39)26-22-18-13-11-9-7-5-6-8-10-12-14-20-24-28-38(42)52-36(31-48-37(41)27-23-19-16-15-17-21-25-33(2)3)32-51-54(46,47)50-30-35(40)29-49-53(43,44)45/h6-9,12-14,18,33-36,39-40H,4-5,10-11,15-17,19-32H2,1-3H3,(H,46,47)(H2,43,44,45)/b8-6-,9-7-,14-12-,18-13-/t34-,35+,36-/m1/s1. The number of phosphoric acid groups is 2. The molecular formula is C38H68O14P2. The van der Waals surface area contributed by atoms with Gasteiger partial charge >= 0.3 is 27.6 Å². The van der Waals surface area contributed by atoms with Gasteiger partial charge in [-0.15, -0.1) is 0 Å². The summed E-state index contributed by atoms with van der Waals surface area (Å²) in [5.41, 5.74) is 0. The molecule has 314 valence electrons. The highest BCUT2D eigenvalue weighted by Gasteiger charge is 2.28. The smallest absolute Gasteiger partial charge is 0.462 e. The van der Waals surface area contributed by atoms with E-state index in [2.05, 4.69) is 59.4 Å². The number of unbranched alkanes of at least 4 members (excludes halogenated alkanes) is 6. The molecule has 0 aliphatic rings. The Labute approximate surface area is 322 Å². The van der Waals surface area contributed by atoms with Gasteiger partial charge in [0.1, 0.15) is 12.7 Å². The molecule has 1 unspecified atom stereocenters. The Morgan fingerprint density at radius 1 is 0.593 bits per heavy atom. The van der Waals surface area contributed by atoms with Gasteiger partial charge in [0.2, 0.25) is 0 Å². The summed E-state index contributed by atoms with van der Waals surface area (Å²) in [7, 11) is -9.69. The molecule has 0 aliphatic heterocycles. The number of esters is 2. The SMILES string of the molecule is CC[C@@H](O)CC/C=C\C/C=C\C/C=C\C/C=C\CCCC(=O)O[C@H](COC(=O)CCCCCCCCC(C)C)COP(=O)(O)OC[C@@H](O)COP(=O)(O)O. The first kappa shape index (κ1) is 52.0. The van der Waals surface area contributed by atoms with E-state index in [1.165, 1.54) is 12.8 Å². The lowest BCUT2D eigenvalue weighted by atomic mass is 10.0. The summed E-state index contributed by atoms with van der Waals surface area (Å²) in [6.45, 7) is 3.58. The lowest BCUT2D eigenvalue weighted by Crippen LogP contribution is -2.29. The van der Waals surface area contributed by atoms with Crippen molar-refractivity contribution in [3.8, 4) is 0 Å². The van der Waals surface area contributed by atoms with Gasteiger partial charge < -0.3 is 34.4 Å². The first-order valence-electron chi connectivity index (χ1n) is 19.3. The fraction of sp³-hybridized carbons (Fsp3) is 0.737. The van der Waals surface area contributed by atoms with Gasteiger partial charge in [-0.25, -0.2) is 9.13 Å². The molecule has 0 aromatic rings. The Kier molecular flexibility index (Phi) is 32.0. The molecule has 0 rings (SSSR count). The fourth-order valence-electron chi connectivity index (χ4n) is 4.68. The van der Waals surface area contributed by atoms with Crippen LogP contribution in [-0.4, -0.2) is 81.6 Å². The van der Waals surface area contributed by atoms with E-state index in [0.717, 1.165) is 64.2 Å². The quantitative estimate of drug-likeness (QED) is 0.0178. The van der Waals surface area contributed by atoms with Crippen LogP contribution in [0.2, 0.25) is 0 Å². The van der Waals surface area contributed by atoms with Gasteiger partial charge in [-0.2, -0.15) is 0 Å². The molecule has 0 radical (unpaired) electrons. The maximum atomic E-state index is 12.6. The predicted molar refractivity (Wildman–Crippen MR) is 208 cm³/mol. The van der Waals surface area contributed by atoms with Crippen molar-refractivity contribution in [1.29, 1.82) is 0 Å². The summed E-state index contributed by atoms with van der Waals surface area (Å²) in [5.74, 6) is -0.434. The molecule has 0 aromatic heterocycles. The molecule has 0 fully saturated rings. The number of phosphoric ester groups is 2. The van der Waals surface area contributed by atoms with E-state index in [4.69, 9.17) is 23.8 Å². The number of hydrogen-bond donors (Lipinski definition) is 5. The van der Waals surface area contributed by atoms with E-state index < -0.39 is 66.2 Å². The predicted octanol–water partition coefficient (Wildman–Crippen LogP) is 7.94. The summed E-state index contributed by atoms with van der Waals surface area (Å²) in [6.07, 6.45) is 26.8. The van der Waals surface area contributed by atoms with Crippen LogP contribution in [0, 0.1) is 5.92 Å². The average Bonchev–Trinajstić information content (AvgIpc) is 3.11. The Morgan fingerprint density at radius 3 is 1.70 bits per heavy atom. The van der Waals surface area contributed by atoms with Gasteiger partial charge in [-0.3, -0.25) is 23.2 Å². The first-order chi connectivity index (χ1) is 25.6. The maximum absolute atomic E-state index is 12.6. The number of allylic oxidation sites excluding steroid dienone is 8. The Morgan fingerprint density at radius 2 is 1.11 bits per heavy atom. The molecule has 0 spiro atoms. The van der Waals surface area contributed by atoms with Crippen molar-refractivity contribution >= 4 is 27.6 Å². The highest BCUT2D eigenvalue weighted by Crippen LogP contribution is 2.43. The zero-order valence-corrected chi connectivity index (χ0v) is 34.4. The molecule has 0 amide bonds. The van der Waals surface area contributed by atoms with Crippen LogP contribution in [0.4, 0.5) is 0 Å². The van der Waals surface area contributed by atoms with Crippen LogP contribution in [0.3, 0.4) is 0 Å². The van der Waals surface area contributed by atoms with Crippen molar-refractivity contribution in [2.45, 2.75) is 148 Å². The minimum atomic E-state index is -4.87. The third kappa shape index (κ3) is 37.0. The van der Waals surface area contributed by atoms with Crippen molar-refractivity contribution < 1.29 is 66.7 Å². The molecular weight excluding hydrogens is 742 g/mol. The molecule has 0 aromatic carbocycles. The Bertz CT molecular complexity index is 1180.